The van der Waals surface area contributed by atoms with Crippen LogP contribution in [0.3, 0.4) is 0 Å². The molecule has 1 heterocycles. The van der Waals surface area contributed by atoms with E-state index in [1.54, 1.807) is 20.8 Å². The van der Waals surface area contributed by atoms with E-state index in [-0.39, 0.29) is 6.54 Å². The first-order chi connectivity index (χ1) is 10.7. The van der Waals surface area contributed by atoms with Crippen molar-refractivity contribution in [1.82, 2.24) is 5.06 Å². The number of carbonyl (C=O) groups excluding carboxylic acids is 3. The van der Waals surface area contributed by atoms with Gasteiger partial charge in [-0.3, -0.25) is 0 Å². The highest BCUT2D eigenvalue weighted by Crippen LogP contribution is 2.42. The Morgan fingerprint density at radius 1 is 1.22 bits per heavy atom. The van der Waals surface area contributed by atoms with Crippen molar-refractivity contribution in [2.24, 2.45) is 22.7 Å². The smallest absolute Gasteiger partial charge is 0.330 e. The Balaban J connectivity index is 3.11. The lowest BCUT2D eigenvalue weighted by atomic mass is 9.64. The van der Waals surface area contributed by atoms with E-state index in [1.807, 2.05) is 12.1 Å². The maximum atomic E-state index is 12.0. The minimum absolute atomic E-state index is 0.00273. The third-order valence-corrected chi connectivity index (χ3v) is 4.13. The normalized spacial score (nSPS) is 24.6. The molecule has 2 atom stereocenters. The largest absolute Gasteiger partial charge is 0.367 e. The van der Waals surface area contributed by atoms with Crippen LogP contribution in [-0.2, 0) is 19.2 Å². The van der Waals surface area contributed by atoms with Crippen molar-refractivity contribution in [3.05, 3.63) is 0 Å². The average Bonchev–Trinajstić information content (AvgIpc) is 2.49. The van der Waals surface area contributed by atoms with Crippen LogP contribution in [0.4, 0.5) is 0 Å². The van der Waals surface area contributed by atoms with E-state index in [4.69, 9.17) is 4.84 Å². The van der Waals surface area contributed by atoms with Gasteiger partial charge in [0.05, 0.1) is 17.6 Å². The number of aldehydes is 2. The van der Waals surface area contributed by atoms with E-state index in [2.05, 4.69) is 0 Å². The van der Waals surface area contributed by atoms with Crippen LogP contribution >= 0.6 is 0 Å². The fourth-order valence-corrected chi connectivity index (χ4v) is 2.69. The number of piperidine rings is 1. The van der Waals surface area contributed by atoms with Crippen LogP contribution in [-0.4, -0.2) is 36.7 Å². The second-order valence-electron chi connectivity index (χ2n) is 6.81. The van der Waals surface area contributed by atoms with Crippen molar-refractivity contribution < 1.29 is 19.2 Å². The molecule has 0 N–H and O–H groups in total. The summed E-state index contributed by atoms with van der Waals surface area (Å²) < 4.78 is 0. The van der Waals surface area contributed by atoms with Gasteiger partial charge in [-0.2, -0.15) is 10.5 Å². The second kappa shape index (κ2) is 7.34. The third kappa shape index (κ3) is 3.94. The molecule has 0 spiro atoms. The van der Waals surface area contributed by atoms with Gasteiger partial charge in [0.2, 0.25) is 0 Å². The number of rotatable bonds is 5. The van der Waals surface area contributed by atoms with E-state index in [9.17, 15) is 24.9 Å². The number of hydrogen-bond acceptors (Lipinski definition) is 7. The van der Waals surface area contributed by atoms with E-state index in [0.717, 1.165) is 0 Å². The molecule has 2 unspecified atom stereocenters. The topological polar surface area (TPSA) is 111 Å². The van der Waals surface area contributed by atoms with Crippen molar-refractivity contribution in [2.75, 3.05) is 13.1 Å². The SMILES string of the molecule is CC(C)(C)C(=O)ON1CCCC(C(C#N)C=O)(C(C#N)C=O)C1. The number of nitriles is 2. The van der Waals surface area contributed by atoms with Gasteiger partial charge in [0.15, 0.2) is 0 Å². The summed E-state index contributed by atoms with van der Waals surface area (Å²) in [6.45, 7) is 5.55. The van der Waals surface area contributed by atoms with E-state index < -0.39 is 28.6 Å². The third-order valence-electron chi connectivity index (χ3n) is 4.13. The lowest BCUT2D eigenvalue weighted by Crippen LogP contribution is -2.52. The Morgan fingerprint density at radius 2 is 1.74 bits per heavy atom. The molecule has 0 amide bonds. The summed E-state index contributed by atoms with van der Waals surface area (Å²) in [5, 5.41) is 19.9. The molecule has 0 saturated carbocycles. The highest BCUT2D eigenvalue weighted by Gasteiger charge is 2.50. The Morgan fingerprint density at radius 3 is 2.13 bits per heavy atom. The Labute approximate surface area is 135 Å². The molecule has 1 aliphatic heterocycles. The van der Waals surface area contributed by atoms with Gasteiger partial charge in [-0.05, 0) is 33.6 Å². The Kier molecular flexibility index (Phi) is 6.00. The monoisotopic (exact) mass is 319 g/mol. The fourth-order valence-electron chi connectivity index (χ4n) is 2.69. The molecule has 0 radical (unpaired) electrons. The Hall–Kier alpha value is -2.25. The van der Waals surface area contributed by atoms with Gasteiger partial charge in [-0.15, -0.1) is 5.06 Å². The Bertz CT molecular complexity index is 527. The minimum Gasteiger partial charge on any atom is -0.367 e. The predicted molar refractivity (Wildman–Crippen MR) is 79.1 cm³/mol. The first-order valence-electron chi connectivity index (χ1n) is 7.42. The lowest BCUT2D eigenvalue weighted by Gasteiger charge is -2.44. The fraction of sp³-hybridized carbons (Fsp3) is 0.688. The number of hydrogen-bond donors (Lipinski definition) is 0. The van der Waals surface area contributed by atoms with E-state index in [1.165, 1.54) is 5.06 Å². The van der Waals surface area contributed by atoms with Gasteiger partial charge in [-0.25, -0.2) is 4.79 Å². The molecule has 7 nitrogen and oxygen atoms in total. The van der Waals surface area contributed by atoms with Gasteiger partial charge in [-0.1, -0.05) is 0 Å². The first-order valence-corrected chi connectivity index (χ1v) is 7.42. The van der Waals surface area contributed by atoms with Crippen LogP contribution < -0.4 is 0 Å². The van der Waals surface area contributed by atoms with Gasteiger partial charge in [0.25, 0.3) is 0 Å². The van der Waals surface area contributed by atoms with Crippen molar-refractivity contribution >= 4 is 18.5 Å². The van der Waals surface area contributed by atoms with Gasteiger partial charge >= 0.3 is 5.97 Å². The summed E-state index contributed by atoms with van der Waals surface area (Å²) in [5.74, 6) is -2.69. The van der Waals surface area contributed by atoms with Crippen molar-refractivity contribution in [1.29, 1.82) is 10.5 Å². The zero-order valence-electron chi connectivity index (χ0n) is 13.6. The van der Waals surface area contributed by atoms with Crippen LogP contribution in [0.1, 0.15) is 33.6 Å². The quantitative estimate of drug-likeness (QED) is 0.701. The molecule has 1 aliphatic rings. The summed E-state index contributed by atoms with van der Waals surface area (Å²) in [6.07, 6.45) is 1.80. The summed E-state index contributed by atoms with van der Waals surface area (Å²) in [4.78, 5) is 39.9. The number of carbonyl (C=O) groups is 3. The molecular formula is C16H21N3O4. The van der Waals surface area contributed by atoms with Gasteiger partial charge in [0, 0.05) is 18.5 Å². The van der Waals surface area contributed by atoms with E-state index in [0.29, 0.717) is 32.0 Å². The van der Waals surface area contributed by atoms with Crippen molar-refractivity contribution in [2.45, 2.75) is 33.6 Å². The lowest BCUT2D eigenvalue weighted by molar-refractivity contribution is -0.217. The molecule has 7 heteroatoms. The average molecular weight is 319 g/mol. The molecule has 1 rings (SSSR count). The zero-order valence-corrected chi connectivity index (χ0v) is 13.6. The van der Waals surface area contributed by atoms with Crippen LogP contribution in [0.15, 0.2) is 0 Å². The number of hydroxylamine groups is 2. The minimum atomic E-state index is -1.16. The van der Waals surface area contributed by atoms with E-state index >= 15 is 0 Å². The molecule has 0 aromatic rings. The maximum absolute atomic E-state index is 12.0. The highest BCUT2D eigenvalue weighted by molar-refractivity contribution is 5.75. The molecule has 0 aromatic heterocycles. The molecule has 124 valence electrons. The summed E-state index contributed by atoms with van der Waals surface area (Å²) >= 11 is 0. The van der Waals surface area contributed by atoms with Crippen LogP contribution in [0.25, 0.3) is 0 Å². The summed E-state index contributed by atoms with van der Waals surface area (Å²) in [5.41, 5.74) is -1.87. The highest BCUT2D eigenvalue weighted by atomic mass is 16.7. The van der Waals surface area contributed by atoms with Crippen molar-refractivity contribution in [3.8, 4) is 12.1 Å². The second-order valence-corrected chi connectivity index (χ2v) is 6.81. The zero-order chi connectivity index (χ0) is 17.7. The predicted octanol–water partition coefficient (Wildman–Crippen LogP) is 1.25. The first kappa shape index (κ1) is 18.8. The summed E-state index contributed by atoms with van der Waals surface area (Å²) in [7, 11) is 0. The molecule has 0 bridgehead atoms. The van der Waals surface area contributed by atoms with Gasteiger partial charge in [0.1, 0.15) is 24.4 Å². The molecule has 1 saturated heterocycles. The standard InChI is InChI=1S/C16H21N3O4/c1-15(2,3)14(22)23-19-6-4-5-16(11-19,12(7-17)9-20)13(8-18)10-21/h9-10,12-13H,4-6,11H2,1-3H3. The summed E-state index contributed by atoms with van der Waals surface area (Å²) in [6, 6.07) is 3.74. The van der Waals surface area contributed by atoms with Crippen LogP contribution in [0, 0.1) is 45.3 Å². The molecule has 0 aliphatic carbocycles. The molecule has 0 aromatic carbocycles. The molecular weight excluding hydrogens is 298 g/mol. The van der Waals surface area contributed by atoms with Gasteiger partial charge < -0.3 is 14.4 Å². The molecule has 23 heavy (non-hydrogen) atoms. The molecule has 1 fully saturated rings. The van der Waals surface area contributed by atoms with Crippen LogP contribution in [0.5, 0.6) is 0 Å². The van der Waals surface area contributed by atoms with Crippen molar-refractivity contribution in [3.63, 3.8) is 0 Å². The number of nitrogens with zero attached hydrogens (tertiary/aromatic N) is 3. The maximum Gasteiger partial charge on any atom is 0.330 e. The van der Waals surface area contributed by atoms with Crippen LogP contribution in [0.2, 0.25) is 0 Å².